The summed E-state index contributed by atoms with van der Waals surface area (Å²) in [4.78, 5) is 6.88. The van der Waals surface area contributed by atoms with E-state index >= 15 is 0 Å². The summed E-state index contributed by atoms with van der Waals surface area (Å²) in [6.45, 7) is 2.69. The Morgan fingerprint density at radius 3 is 2.78 bits per heavy atom. The summed E-state index contributed by atoms with van der Waals surface area (Å²) < 4.78 is 10.6. The number of halogens is 1. The molecular formula is C20H27IN4O2. The monoisotopic (exact) mass is 482 g/mol. The molecule has 3 rings (SSSR count). The van der Waals surface area contributed by atoms with E-state index in [9.17, 15) is 0 Å². The molecule has 0 aromatic heterocycles. The number of nitrogens with zero attached hydrogens (tertiary/aromatic N) is 2. The third kappa shape index (κ3) is 5.66. The normalized spacial score (nSPS) is 16.6. The summed E-state index contributed by atoms with van der Waals surface area (Å²) in [5.74, 6) is 2.53. The molecule has 0 radical (unpaired) electrons. The standard InChI is InChI=1S/C20H26N4O2.HI/c1-25-17-7-5-6-16(12-17)24-11-10-15(14-24)13-22-20(21)23-18-8-3-4-9-19(18)26-2;/h3-9,12,15H,10-11,13-14H2,1-2H3,(H3,21,22,23);1H. The van der Waals surface area contributed by atoms with Crippen LogP contribution in [-0.4, -0.2) is 39.8 Å². The fraction of sp³-hybridized carbons (Fsp3) is 0.350. The molecular weight excluding hydrogens is 455 g/mol. The Morgan fingerprint density at radius 1 is 1.19 bits per heavy atom. The molecule has 1 unspecified atom stereocenters. The summed E-state index contributed by atoms with van der Waals surface area (Å²) in [6.07, 6.45) is 1.10. The Bertz CT molecular complexity index is 769. The van der Waals surface area contributed by atoms with Crippen LogP contribution in [0.5, 0.6) is 11.5 Å². The molecule has 0 amide bonds. The maximum absolute atomic E-state index is 6.04. The van der Waals surface area contributed by atoms with Crippen LogP contribution in [0, 0.1) is 5.92 Å². The molecule has 1 fully saturated rings. The number of hydrogen-bond donors (Lipinski definition) is 2. The van der Waals surface area contributed by atoms with Crippen LogP contribution in [0.25, 0.3) is 0 Å². The van der Waals surface area contributed by atoms with Crippen LogP contribution in [-0.2, 0) is 0 Å². The SMILES string of the molecule is COc1cccc(N2CCC(CN=C(N)Nc3ccccc3OC)C2)c1.I. The first kappa shape index (κ1) is 21.1. The van der Waals surface area contributed by atoms with Gasteiger partial charge in [0.2, 0.25) is 0 Å². The second kappa shape index (κ2) is 10.2. The minimum atomic E-state index is 0. The van der Waals surface area contributed by atoms with Crippen LogP contribution in [0.2, 0.25) is 0 Å². The largest absolute Gasteiger partial charge is 0.497 e. The van der Waals surface area contributed by atoms with Crippen molar-refractivity contribution < 1.29 is 9.47 Å². The van der Waals surface area contributed by atoms with Gasteiger partial charge >= 0.3 is 0 Å². The van der Waals surface area contributed by atoms with Crippen molar-refractivity contribution in [2.45, 2.75) is 6.42 Å². The number of hydrogen-bond acceptors (Lipinski definition) is 4. The molecule has 1 saturated heterocycles. The van der Waals surface area contributed by atoms with Gasteiger partial charge in [0, 0.05) is 31.4 Å². The Balaban J connectivity index is 0.00000261. The zero-order valence-electron chi connectivity index (χ0n) is 15.7. The van der Waals surface area contributed by atoms with E-state index in [2.05, 4.69) is 27.3 Å². The van der Waals surface area contributed by atoms with Gasteiger partial charge in [-0.15, -0.1) is 24.0 Å². The molecule has 6 nitrogen and oxygen atoms in total. The number of guanidine groups is 1. The Kier molecular flexibility index (Phi) is 8.02. The number of anilines is 2. The fourth-order valence-electron chi connectivity index (χ4n) is 3.18. The van der Waals surface area contributed by atoms with Crippen molar-refractivity contribution in [3.63, 3.8) is 0 Å². The molecule has 0 spiro atoms. The molecule has 0 bridgehead atoms. The van der Waals surface area contributed by atoms with Crippen molar-refractivity contribution >= 4 is 41.3 Å². The Hall–Kier alpha value is -2.16. The minimum absolute atomic E-state index is 0. The topological polar surface area (TPSA) is 72.1 Å². The van der Waals surface area contributed by atoms with Gasteiger partial charge in [-0.05, 0) is 36.6 Å². The van der Waals surface area contributed by atoms with Crippen LogP contribution in [0.3, 0.4) is 0 Å². The van der Waals surface area contributed by atoms with Crippen molar-refractivity contribution in [2.24, 2.45) is 16.6 Å². The van der Waals surface area contributed by atoms with E-state index in [1.54, 1.807) is 14.2 Å². The molecule has 0 aliphatic carbocycles. The van der Waals surface area contributed by atoms with E-state index in [1.165, 1.54) is 5.69 Å². The van der Waals surface area contributed by atoms with Crippen LogP contribution in [0.4, 0.5) is 11.4 Å². The van der Waals surface area contributed by atoms with E-state index in [0.717, 1.165) is 36.7 Å². The minimum Gasteiger partial charge on any atom is -0.497 e. The number of ether oxygens (including phenoxy) is 2. The summed E-state index contributed by atoms with van der Waals surface area (Å²) in [6, 6.07) is 15.8. The van der Waals surface area contributed by atoms with Gasteiger partial charge in [0.05, 0.1) is 19.9 Å². The third-order valence-corrected chi connectivity index (χ3v) is 4.59. The molecule has 7 heteroatoms. The zero-order valence-corrected chi connectivity index (χ0v) is 18.1. The maximum Gasteiger partial charge on any atom is 0.193 e. The van der Waals surface area contributed by atoms with Crippen LogP contribution < -0.4 is 25.4 Å². The van der Waals surface area contributed by atoms with E-state index in [0.29, 0.717) is 18.4 Å². The van der Waals surface area contributed by atoms with Crippen molar-refractivity contribution in [1.82, 2.24) is 0 Å². The van der Waals surface area contributed by atoms with Gasteiger partial charge in [-0.1, -0.05) is 18.2 Å². The number of aliphatic imine (C=N–C) groups is 1. The van der Waals surface area contributed by atoms with Crippen molar-refractivity contribution in [3.8, 4) is 11.5 Å². The molecule has 2 aromatic carbocycles. The number of para-hydroxylation sites is 2. The summed E-state index contributed by atoms with van der Waals surface area (Å²) in [5.41, 5.74) is 8.06. The van der Waals surface area contributed by atoms with Gasteiger partial charge in [-0.25, -0.2) is 0 Å². The molecule has 27 heavy (non-hydrogen) atoms. The summed E-state index contributed by atoms with van der Waals surface area (Å²) in [7, 11) is 3.33. The first-order valence-electron chi connectivity index (χ1n) is 8.78. The highest BCUT2D eigenvalue weighted by atomic mass is 127. The highest BCUT2D eigenvalue weighted by Crippen LogP contribution is 2.27. The van der Waals surface area contributed by atoms with Gasteiger partial charge in [0.1, 0.15) is 11.5 Å². The van der Waals surface area contributed by atoms with Gasteiger partial charge in [-0.3, -0.25) is 4.99 Å². The van der Waals surface area contributed by atoms with Gasteiger partial charge in [0.25, 0.3) is 0 Å². The predicted octanol–water partition coefficient (Wildman–Crippen LogP) is 3.57. The predicted molar refractivity (Wildman–Crippen MR) is 122 cm³/mol. The average Bonchev–Trinajstić information content (AvgIpc) is 3.16. The maximum atomic E-state index is 6.04. The first-order chi connectivity index (χ1) is 12.7. The molecule has 146 valence electrons. The van der Waals surface area contributed by atoms with Gasteiger partial charge < -0.3 is 25.4 Å². The number of benzene rings is 2. The lowest BCUT2D eigenvalue weighted by Crippen LogP contribution is -2.25. The number of methoxy groups -OCH3 is 2. The number of nitrogens with one attached hydrogen (secondary N) is 1. The van der Waals surface area contributed by atoms with Crippen molar-refractivity contribution in [1.29, 1.82) is 0 Å². The van der Waals surface area contributed by atoms with Gasteiger partial charge in [-0.2, -0.15) is 0 Å². The highest BCUT2D eigenvalue weighted by Gasteiger charge is 2.22. The number of nitrogens with two attached hydrogens (primary N) is 1. The lowest BCUT2D eigenvalue weighted by atomic mass is 10.1. The third-order valence-electron chi connectivity index (χ3n) is 4.59. The van der Waals surface area contributed by atoms with Crippen LogP contribution in [0.1, 0.15) is 6.42 Å². The van der Waals surface area contributed by atoms with Gasteiger partial charge in [0.15, 0.2) is 5.96 Å². The van der Waals surface area contributed by atoms with Crippen molar-refractivity contribution in [2.75, 3.05) is 44.1 Å². The molecule has 1 aliphatic heterocycles. The molecule has 2 aromatic rings. The molecule has 1 aliphatic rings. The molecule has 0 saturated carbocycles. The lowest BCUT2D eigenvalue weighted by molar-refractivity contribution is 0.415. The summed E-state index contributed by atoms with van der Waals surface area (Å²) >= 11 is 0. The van der Waals surface area contributed by atoms with E-state index < -0.39 is 0 Å². The van der Waals surface area contributed by atoms with Crippen molar-refractivity contribution in [3.05, 3.63) is 48.5 Å². The molecule has 3 N–H and O–H groups in total. The summed E-state index contributed by atoms with van der Waals surface area (Å²) in [5, 5.41) is 3.12. The smallest absolute Gasteiger partial charge is 0.193 e. The second-order valence-electron chi connectivity index (χ2n) is 6.35. The second-order valence-corrected chi connectivity index (χ2v) is 6.35. The molecule has 1 atom stereocenters. The van der Waals surface area contributed by atoms with E-state index in [1.807, 2.05) is 36.4 Å². The van der Waals surface area contributed by atoms with E-state index in [-0.39, 0.29) is 24.0 Å². The van der Waals surface area contributed by atoms with Crippen LogP contribution >= 0.6 is 24.0 Å². The number of rotatable bonds is 6. The van der Waals surface area contributed by atoms with E-state index in [4.69, 9.17) is 15.2 Å². The Morgan fingerprint density at radius 2 is 2.00 bits per heavy atom. The fourth-order valence-corrected chi connectivity index (χ4v) is 3.18. The first-order valence-corrected chi connectivity index (χ1v) is 8.78. The van der Waals surface area contributed by atoms with Crippen LogP contribution in [0.15, 0.2) is 53.5 Å². The zero-order chi connectivity index (χ0) is 18.4. The average molecular weight is 482 g/mol. The quantitative estimate of drug-likeness (QED) is 0.374. The lowest BCUT2D eigenvalue weighted by Gasteiger charge is -2.19. The molecule has 1 heterocycles. The Labute approximate surface area is 177 Å². The highest BCUT2D eigenvalue weighted by molar-refractivity contribution is 14.0.